The smallest absolute Gasteiger partial charge is 0.0815 e. The van der Waals surface area contributed by atoms with E-state index in [1.54, 1.807) is 0 Å². The third-order valence-corrected chi connectivity index (χ3v) is 2.57. The fourth-order valence-corrected chi connectivity index (χ4v) is 1.72. The van der Waals surface area contributed by atoms with Crippen LogP contribution in [-0.4, -0.2) is 18.6 Å². The summed E-state index contributed by atoms with van der Waals surface area (Å²) in [4.78, 5) is 3.15. The Bertz CT molecular complexity index is 336. The lowest BCUT2D eigenvalue weighted by atomic mass is 10.2. The number of benzene rings is 1. The molecule has 1 heterocycles. The molecule has 0 fully saturated rings. The van der Waals surface area contributed by atoms with Crippen LogP contribution in [0.2, 0.25) is 0 Å². The first kappa shape index (κ1) is 12.0. The summed E-state index contributed by atoms with van der Waals surface area (Å²) in [7, 11) is 2.09. The zero-order valence-corrected chi connectivity index (χ0v) is 10.4. The predicted molar refractivity (Wildman–Crippen MR) is 71.9 cm³/mol. The molecule has 82 valence electrons. The number of para-hydroxylation sites is 2. The Balaban J connectivity index is 0.000000531. The summed E-state index contributed by atoms with van der Waals surface area (Å²) in [6, 6.07) is 8.23. The van der Waals surface area contributed by atoms with E-state index in [4.69, 9.17) is 12.2 Å². The summed E-state index contributed by atoms with van der Waals surface area (Å²) in [5.74, 6) is 0. The van der Waals surface area contributed by atoms with Crippen molar-refractivity contribution < 1.29 is 0 Å². The van der Waals surface area contributed by atoms with Crippen LogP contribution in [0.1, 0.15) is 20.3 Å². The van der Waals surface area contributed by atoms with Crippen LogP contribution in [0.15, 0.2) is 24.3 Å². The van der Waals surface area contributed by atoms with Gasteiger partial charge < -0.3 is 10.2 Å². The molecule has 2 nitrogen and oxygen atoms in total. The monoisotopic (exact) mass is 222 g/mol. The molecular formula is C12H18N2S. The van der Waals surface area contributed by atoms with Crippen LogP contribution in [0, 0.1) is 0 Å². The number of nitrogens with zero attached hydrogens (tertiary/aromatic N) is 1. The Labute approximate surface area is 97.3 Å². The van der Waals surface area contributed by atoms with Crippen LogP contribution in [-0.2, 0) is 0 Å². The highest BCUT2D eigenvalue weighted by Crippen LogP contribution is 2.27. The molecule has 2 rings (SSSR count). The standard InChI is InChI=1S/C10H12N2S.C2H6/c1-12-7-6-10(13)11-8-4-2-3-5-9(8)12;1-2/h2-5H,6-7H2,1H3,(H,11,13);1-2H3. The molecule has 1 aromatic rings. The molecule has 0 aromatic heterocycles. The first-order chi connectivity index (χ1) is 7.27. The fourth-order valence-electron chi connectivity index (χ4n) is 1.51. The molecule has 1 aliphatic rings. The van der Waals surface area contributed by atoms with E-state index in [0.29, 0.717) is 0 Å². The van der Waals surface area contributed by atoms with Gasteiger partial charge in [0.1, 0.15) is 0 Å². The van der Waals surface area contributed by atoms with Gasteiger partial charge in [-0.15, -0.1) is 0 Å². The van der Waals surface area contributed by atoms with Gasteiger partial charge in [0, 0.05) is 20.0 Å². The van der Waals surface area contributed by atoms with Crippen molar-refractivity contribution in [3.05, 3.63) is 24.3 Å². The molecule has 1 aromatic carbocycles. The van der Waals surface area contributed by atoms with Gasteiger partial charge in [-0.3, -0.25) is 0 Å². The van der Waals surface area contributed by atoms with Gasteiger partial charge in [-0.25, -0.2) is 0 Å². The van der Waals surface area contributed by atoms with Crippen molar-refractivity contribution in [1.29, 1.82) is 0 Å². The largest absolute Gasteiger partial charge is 0.372 e. The van der Waals surface area contributed by atoms with E-state index in [1.165, 1.54) is 5.69 Å². The minimum Gasteiger partial charge on any atom is -0.372 e. The van der Waals surface area contributed by atoms with Gasteiger partial charge in [-0.05, 0) is 12.1 Å². The van der Waals surface area contributed by atoms with Crippen molar-refractivity contribution in [3.8, 4) is 0 Å². The van der Waals surface area contributed by atoms with Gasteiger partial charge in [0.25, 0.3) is 0 Å². The number of hydrogen-bond donors (Lipinski definition) is 1. The number of thiocarbonyl (C=S) groups is 1. The molecule has 1 N–H and O–H groups in total. The minimum atomic E-state index is 0.928. The lowest BCUT2D eigenvalue weighted by Crippen LogP contribution is -2.18. The number of fused-ring (bicyclic) bond motifs is 1. The third kappa shape index (κ3) is 2.93. The van der Waals surface area contributed by atoms with Crippen LogP contribution < -0.4 is 10.2 Å². The maximum Gasteiger partial charge on any atom is 0.0815 e. The van der Waals surface area contributed by atoms with E-state index >= 15 is 0 Å². The van der Waals surface area contributed by atoms with Crippen molar-refractivity contribution in [2.45, 2.75) is 20.3 Å². The third-order valence-electron chi connectivity index (χ3n) is 2.26. The van der Waals surface area contributed by atoms with Crippen LogP contribution in [0.25, 0.3) is 0 Å². The SMILES string of the molecule is CC.CN1CCC(=S)Nc2ccccc21. The van der Waals surface area contributed by atoms with Gasteiger partial charge in [0.15, 0.2) is 0 Å². The Morgan fingerprint density at radius 2 is 1.93 bits per heavy atom. The average Bonchev–Trinajstić information content (AvgIpc) is 2.42. The van der Waals surface area contributed by atoms with Gasteiger partial charge in [0.2, 0.25) is 0 Å². The second-order valence-electron chi connectivity index (χ2n) is 3.24. The number of nitrogens with one attached hydrogen (secondary N) is 1. The molecule has 1 aliphatic heterocycles. The van der Waals surface area contributed by atoms with Gasteiger partial charge >= 0.3 is 0 Å². The fraction of sp³-hybridized carbons (Fsp3) is 0.417. The Morgan fingerprint density at radius 3 is 2.67 bits per heavy atom. The molecule has 0 saturated carbocycles. The van der Waals surface area contributed by atoms with Crippen LogP contribution >= 0.6 is 12.2 Å². The first-order valence-corrected chi connectivity index (χ1v) is 5.78. The highest BCUT2D eigenvalue weighted by Gasteiger charge is 2.12. The summed E-state index contributed by atoms with van der Waals surface area (Å²) in [6.45, 7) is 4.99. The molecule has 0 radical (unpaired) electrons. The van der Waals surface area contributed by atoms with E-state index in [0.717, 1.165) is 23.6 Å². The van der Waals surface area contributed by atoms with E-state index in [2.05, 4.69) is 29.4 Å². The van der Waals surface area contributed by atoms with Crippen molar-refractivity contribution in [3.63, 3.8) is 0 Å². The number of anilines is 2. The normalized spacial score (nSPS) is 14.3. The highest BCUT2D eigenvalue weighted by molar-refractivity contribution is 7.80. The lowest BCUT2D eigenvalue weighted by Gasteiger charge is -2.17. The highest BCUT2D eigenvalue weighted by atomic mass is 32.1. The summed E-state index contributed by atoms with van der Waals surface area (Å²) < 4.78 is 0. The molecular weight excluding hydrogens is 204 g/mol. The molecule has 0 saturated heterocycles. The quantitative estimate of drug-likeness (QED) is 0.678. The topological polar surface area (TPSA) is 15.3 Å². The average molecular weight is 222 g/mol. The van der Waals surface area contributed by atoms with E-state index in [9.17, 15) is 0 Å². The predicted octanol–water partition coefficient (Wildman–Crippen LogP) is 3.29. The van der Waals surface area contributed by atoms with E-state index in [-0.39, 0.29) is 0 Å². The Kier molecular flexibility index (Phi) is 4.56. The zero-order chi connectivity index (χ0) is 11.3. The van der Waals surface area contributed by atoms with Gasteiger partial charge in [-0.2, -0.15) is 0 Å². The second-order valence-corrected chi connectivity index (χ2v) is 3.73. The first-order valence-electron chi connectivity index (χ1n) is 5.37. The minimum absolute atomic E-state index is 0.928. The summed E-state index contributed by atoms with van der Waals surface area (Å²) in [6.07, 6.45) is 0.931. The van der Waals surface area contributed by atoms with Crippen LogP contribution in [0.3, 0.4) is 0 Å². The van der Waals surface area contributed by atoms with Gasteiger partial charge in [0.05, 0.1) is 16.4 Å². The van der Waals surface area contributed by atoms with Gasteiger partial charge in [-0.1, -0.05) is 38.2 Å². The molecule has 0 spiro atoms. The molecule has 15 heavy (non-hydrogen) atoms. The Morgan fingerprint density at radius 1 is 1.27 bits per heavy atom. The van der Waals surface area contributed by atoms with E-state index < -0.39 is 0 Å². The maximum absolute atomic E-state index is 5.18. The molecule has 0 atom stereocenters. The van der Waals surface area contributed by atoms with Crippen molar-refractivity contribution in [1.82, 2.24) is 0 Å². The maximum atomic E-state index is 5.18. The molecule has 3 heteroatoms. The number of rotatable bonds is 0. The number of hydrogen-bond acceptors (Lipinski definition) is 2. The molecule has 0 aliphatic carbocycles. The van der Waals surface area contributed by atoms with Crippen molar-refractivity contribution >= 4 is 28.6 Å². The van der Waals surface area contributed by atoms with Crippen LogP contribution in [0.5, 0.6) is 0 Å². The lowest BCUT2D eigenvalue weighted by molar-refractivity contribution is 0.935. The second kappa shape index (κ2) is 5.71. The van der Waals surface area contributed by atoms with E-state index in [1.807, 2.05) is 26.0 Å². The van der Waals surface area contributed by atoms with Crippen LogP contribution in [0.4, 0.5) is 11.4 Å². The molecule has 0 bridgehead atoms. The molecule has 0 amide bonds. The Hall–Kier alpha value is -1.09. The zero-order valence-electron chi connectivity index (χ0n) is 9.58. The molecule has 0 unspecified atom stereocenters. The van der Waals surface area contributed by atoms with Crippen molar-refractivity contribution in [2.24, 2.45) is 0 Å². The summed E-state index contributed by atoms with van der Waals surface area (Å²) >= 11 is 5.18. The summed E-state index contributed by atoms with van der Waals surface area (Å²) in [5, 5.41) is 3.24. The van der Waals surface area contributed by atoms with Crippen molar-refractivity contribution in [2.75, 3.05) is 23.8 Å². The summed E-state index contributed by atoms with van der Waals surface area (Å²) in [5.41, 5.74) is 2.34.